The third-order valence-corrected chi connectivity index (χ3v) is 4.43. The van der Waals surface area contributed by atoms with E-state index in [1.807, 2.05) is 0 Å². The zero-order valence-electron chi connectivity index (χ0n) is 12.1. The van der Waals surface area contributed by atoms with Gasteiger partial charge in [-0.3, -0.25) is 0 Å². The molecule has 106 valence electrons. The maximum atomic E-state index is 9.02. The molecule has 1 aromatic rings. The van der Waals surface area contributed by atoms with E-state index in [4.69, 9.17) is 5.11 Å². The van der Waals surface area contributed by atoms with Crippen LogP contribution in [0.25, 0.3) is 0 Å². The van der Waals surface area contributed by atoms with E-state index in [0.717, 1.165) is 25.9 Å². The first-order valence-corrected chi connectivity index (χ1v) is 7.74. The summed E-state index contributed by atoms with van der Waals surface area (Å²) >= 11 is 0. The number of nitrogens with one attached hydrogen (secondary N) is 1. The van der Waals surface area contributed by atoms with Crippen LogP contribution in [0.5, 0.6) is 0 Å². The number of hydrogen-bond acceptors (Lipinski definition) is 2. The predicted molar refractivity (Wildman–Crippen MR) is 80.5 cm³/mol. The Morgan fingerprint density at radius 1 is 1.37 bits per heavy atom. The molecule has 0 saturated carbocycles. The van der Waals surface area contributed by atoms with E-state index in [2.05, 4.69) is 36.5 Å². The number of aryl methyl sites for hydroxylation is 1. The van der Waals surface area contributed by atoms with E-state index in [9.17, 15) is 0 Å². The highest BCUT2D eigenvalue weighted by atomic mass is 16.3. The van der Waals surface area contributed by atoms with E-state index >= 15 is 0 Å². The van der Waals surface area contributed by atoms with Crippen LogP contribution in [0.1, 0.15) is 49.7 Å². The Kier molecular flexibility index (Phi) is 5.87. The molecule has 19 heavy (non-hydrogen) atoms. The smallest absolute Gasteiger partial charge is 0.0434 e. The zero-order chi connectivity index (χ0) is 13.5. The summed E-state index contributed by atoms with van der Waals surface area (Å²) in [5, 5.41) is 12.6. The highest BCUT2D eigenvalue weighted by molar-refractivity contribution is 5.32. The number of rotatable bonds is 7. The molecule has 0 aliphatic heterocycles. The molecule has 0 aromatic heterocycles. The molecule has 2 atom stereocenters. The SMILES string of the molecule is CCC(CCO)CNCC1CCCc2ccccc21. The van der Waals surface area contributed by atoms with Crippen molar-refractivity contribution >= 4 is 0 Å². The van der Waals surface area contributed by atoms with Crippen molar-refractivity contribution in [2.75, 3.05) is 19.7 Å². The molecular weight excluding hydrogens is 234 g/mol. The van der Waals surface area contributed by atoms with Gasteiger partial charge in [0.05, 0.1) is 0 Å². The molecule has 1 aliphatic rings. The summed E-state index contributed by atoms with van der Waals surface area (Å²) < 4.78 is 0. The second kappa shape index (κ2) is 7.66. The first-order chi connectivity index (χ1) is 9.35. The summed E-state index contributed by atoms with van der Waals surface area (Å²) in [6.45, 7) is 4.64. The quantitative estimate of drug-likeness (QED) is 0.790. The maximum Gasteiger partial charge on any atom is 0.0434 e. The standard InChI is InChI=1S/C17H27NO/c1-2-14(10-11-19)12-18-13-16-8-5-7-15-6-3-4-9-17(15)16/h3-4,6,9,14,16,18-19H,2,5,7-8,10-13H2,1H3. The molecule has 0 saturated heterocycles. The second-order valence-corrected chi connectivity index (χ2v) is 5.73. The molecule has 0 bridgehead atoms. The van der Waals surface area contributed by atoms with Crippen molar-refractivity contribution in [2.24, 2.45) is 5.92 Å². The van der Waals surface area contributed by atoms with E-state index < -0.39 is 0 Å². The van der Waals surface area contributed by atoms with Crippen molar-refractivity contribution in [2.45, 2.75) is 44.9 Å². The van der Waals surface area contributed by atoms with Crippen molar-refractivity contribution < 1.29 is 5.11 Å². The van der Waals surface area contributed by atoms with Gasteiger partial charge < -0.3 is 10.4 Å². The van der Waals surface area contributed by atoms with Gasteiger partial charge in [-0.2, -0.15) is 0 Å². The predicted octanol–water partition coefficient (Wildman–Crippen LogP) is 3.10. The van der Waals surface area contributed by atoms with Gasteiger partial charge in [0, 0.05) is 13.2 Å². The molecule has 2 heteroatoms. The molecule has 2 nitrogen and oxygen atoms in total. The Morgan fingerprint density at radius 2 is 2.21 bits per heavy atom. The van der Waals surface area contributed by atoms with Gasteiger partial charge in [-0.1, -0.05) is 37.6 Å². The minimum absolute atomic E-state index is 0.312. The van der Waals surface area contributed by atoms with Crippen molar-refractivity contribution in [1.29, 1.82) is 0 Å². The van der Waals surface area contributed by atoms with Crippen LogP contribution in [0, 0.1) is 5.92 Å². The fraction of sp³-hybridized carbons (Fsp3) is 0.647. The summed E-state index contributed by atoms with van der Waals surface area (Å²) in [5.74, 6) is 1.29. The van der Waals surface area contributed by atoms with Crippen LogP contribution in [0.4, 0.5) is 0 Å². The van der Waals surface area contributed by atoms with E-state index in [0.29, 0.717) is 18.4 Å². The number of fused-ring (bicyclic) bond motifs is 1. The van der Waals surface area contributed by atoms with Crippen LogP contribution >= 0.6 is 0 Å². The molecule has 0 radical (unpaired) electrons. The van der Waals surface area contributed by atoms with Gasteiger partial charge in [-0.05, 0) is 55.2 Å². The summed E-state index contributed by atoms with van der Waals surface area (Å²) in [5.41, 5.74) is 3.10. The lowest BCUT2D eigenvalue weighted by molar-refractivity contribution is 0.250. The van der Waals surface area contributed by atoms with Crippen LogP contribution in [0.3, 0.4) is 0 Å². The van der Waals surface area contributed by atoms with Crippen LogP contribution in [-0.4, -0.2) is 24.8 Å². The molecule has 2 rings (SSSR count). The summed E-state index contributed by atoms with van der Waals surface area (Å²) in [6, 6.07) is 8.90. The third kappa shape index (κ3) is 4.05. The molecule has 0 spiro atoms. The van der Waals surface area contributed by atoms with Crippen LogP contribution in [-0.2, 0) is 6.42 Å². The van der Waals surface area contributed by atoms with Gasteiger partial charge in [0.25, 0.3) is 0 Å². The first kappa shape index (κ1) is 14.5. The van der Waals surface area contributed by atoms with Gasteiger partial charge in [0.2, 0.25) is 0 Å². The monoisotopic (exact) mass is 261 g/mol. The zero-order valence-corrected chi connectivity index (χ0v) is 12.1. The lowest BCUT2D eigenvalue weighted by Gasteiger charge is -2.26. The van der Waals surface area contributed by atoms with E-state index in [1.54, 1.807) is 11.1 Å². The highest BCUT2D eigenvalue weighted by Gasteiger charge is 2.19. The Labute approximate surface area is 117 Å². The lowest BCUT2D eigenvalue weighted by Crippen LogP contribution is -2.29. The molecule has 2 unspecified atom stereocenters. The average Bonchev–Trinajstić information content (AvgIpc) is 2.46. The molecule has 0 fully saturated rings. The molecule has 0 amide bonds. The minimum atomic E-state index is 0.312. The second-order valence-electron chi connectivity index (χ2n) is 5.73. The van der Waals surface area contributed by atoms with Gasteiger partial charge in [-0.25, -0.2) is 0 Å². The fourth-order valence-corrected chi connectivity index (χ4v) is 3.16. The number of benzene rings is 1. The first-order valence-electron chi connectivity index (χ1n) is 7.74. The van der Waals surface area contributed by atoms with Crippen molar-refractivity contribution in [3.63, 3.8) is 0 Å². The number of hydrogen-bond donors (Lipinski definition) is 2. The van der Waals surface area contributed by atoms with E-state index in [1.165, 1.54) is 19.3 Å². The Balaban J connectivity index is 1.84. The molecular formula is C17H27NO. The topological polar surface area (TPSA) is 32.3 Å². The van der Waals surface area contributed by atoms with Crippen molar-refractivity contribution in [3.8, 4) is 0 Å². The van der Waals surface area contributed by atoms with Crippen molar-refractivity contribution in [1.82, 2.24) is 5.32 Å². The Hall–Kier alpha value is -0.860. The van der Waals surface area contributed by atoms with Crippen molar-refractivity contribution in [3.05, 3.63) is 35.4 Å². The molecule has 1 aliphatic carbocycles. The summed E-state index contributed by atoms with van der Waals surface area (Å²) in [6.07, 6.45) is 5.94. The number of aliphatic hydroxyl groups excluding tert-OH is 1. The largest absolute Gasteiger partial charge is 0.396 e. The van der Waals surface area contributed by atoms with Crippen LogP contribution in [0.2, 0.25) is 0 Å². The third-order valence-electron chi connectivity index (χ3n) is 4.43. The Bertz CT molecular complexity index is 377. The number of aliphatic hydroxyl groups is 1. The maximum absolute atomic E-state index is 9.02. The molecule has 1 aromatic carbocycles. The van der Waals surface area contributed by atoms with Crippen LogP contribution < -0.4 is 5.32 Å². The Morgan fingerprint density at radius 3 is 3.00 bits per heavy atom. The normalized spacial score (nSPS) is 20.0. The summed E-state index contributed by atoms with van der Waals surface area (Å²) in [4.78, 5) is 0. The van der Waals surface area contributed by atoms with Gasteiger partial charge >= 0.3 is 0 Å². The fourth-order valence-electron chi connectivity index (χ4n) is 3.16. The minimum Gasteiger partial charge on any atom is -0.396 e. The van der Waals surface area contributed by atoms with Gasteiger partial charge in [-0.15, -0.1) is 0 Å². The molecule has 0 heterocycles. The van der Waals surface area contributed by atoms with Gasteiger partial charge in [0.15, 0.2) is 0 Å². The van der Waals surface area contributed by atoms with E-state index in [-0.39, 0.29) is 0 Å². The van der Waals surface area contributed by atoms with Crippen LogP contribution in [0.15, 0.2) is 24.3 Å². The summed E-state index contributed by atoms with van der Waals surface area (Å²) in [7, 11) is 0. The highest BCUT2D eigenvalue weighted by Crippen LogP contribution is 2.30. The lowest BCUT2D eigenvalue weighted by atomic mass is 9.83. The molecule has 2 N–H and O–H groups in total. The average molecular weight is 261 g/mol. The van der Waals surface area contributed by atoms with Gasteiger partial charge in [0.1, 0.15) is 0 Å².